The van der Waals surface area contributed by atoms with Crippen LogP contribution in [-0.2, 0) is 0 Å². The van der Waals surface area contributed by atoms with E-state index in [1.165, 1.54) is 18.3 Å². The third-order valence-electron chi connectivity index (χ3n) is 3.54. The topological polar surface area (TPSA) is 75.1 Å². The molecular formula is C16H12F3N3O2. The molecule has 3 aromatic rings. The molecule has 0 saturated carbocycles. The number of nitrogens with zero attached hydrogens (tertiary/aromatic N) is 2. The molecule has 0 unspecified atom stereocenters. The van der Waals surface area contributed by atoms with Crippen LogP contribution in [0.4, 0.5) is 19.0 Å². The van der Waals surface area contributed by atoms with Gasteiger partial charge in [0, 0.05) is 35.1 Å². The van der Waals surface area contributed by atoms with Crippen LogP contribution in [0.25, 0.3) is 21.7 Å². The van der Waals surface area contributed by atoms with Crippen LogP contribution in [0.5, 0.6) is 0 Å². The number of halogens is 3. The summed E-state index contributed by atoms with van der Waals surface area (Å²) in [5.41, 5.74) is 0.435. The second kappa shape index (κ2) is 5.95. The molecule has 3 rings (SSSR count). The van der Waals surface area contributed by atoms with Crippen molar-refractivity contribution in [2.24, 2.45) is 0 Å². The van der Waals surface area contributed by atoms with E-state index >= 15 is 0 Å². The lowest BCUT2D eigenvalue weighted by atomic mass is 10.1. The number of hydrogen-bond donors (Lipinski definition) is 2. The van der Waals surface area contributed by atoms with Gasteiger partial charge in [0.15, 0.2) is 0 Å². The van der Waals surface area contributed by atoms with E-state index < -0.39 is 18.6 Å². The molecule has 0 fully saturated rings. The van der Waals surface area contributed by atoms with Gasteiger partial charge in [0.2, 0.25) is 0 Å². The Kier molecular flexibility index (Phi) is 3.96. The van der Waals surface area contributed by atoms with Gasteiger partial charge in [-0.1, -0.05) is 6.07 Å². The van der Waals surface area contributed by atoms with Crippen molar-refractivity contribution in [2.45, 2.75) is 12.6 Å². The molecule has 0 atom stereocenters. The van der Waals surface area contributed by atoms with Crippen LogP contribution in [0, 0.1) is 0 Å². The lowest BCUT2D eigenvalue weighted by Gasteiger charge is -2.12. The molecule has 2 heterocycles. The SMILES string of the molecule is O=C(O)c1ccc2c(c1)nc(NCCC(F)(F)F)c1ccncc12. The summed E-state index contributed by atoms with van der Waals surface area (Å²) in [6, 6.07) is 6.12. The zero-order valence-electron chi connectivity index (χ0n) is 12.3. The molecule has 5 nitrogen and oxygen atoms in total. The Hall–Kier alpha value is -2.90. The standard InChI is InChI=1S/C16H12F3N3O2/c17-16(18,19)4-6-21-14-11-3-5-20-8-12(11)10-2-1-9(15(23)24)7-13(10)22-14/h1-3,5,7-8H,4,6H2,(H,21,22)(H,23,24). The lowest BCUT2D eigenvalue weighted by molar-refractivity contribution is -0.131. The number of carboxylic acid groups (broad SMARTS) is 1. The summed E-state index contributed by atoms with van der Waals surface area (Å²) in [7, 11) is 0. The summed E-state index contributed by atoms with van der Waals surface area (Å²) in [4.78, 5) is 19.4. The number of carbonyl (C=O) groups is 1. The molecule has 2 aromatic heterocycles. The first-order valence-electron chi connectivity index (χ1n) is 7.06. The van der Waals surface area contributed by atoms with E-state index in [9.17, 15) is 18.0 Å². The zero-order chi connectivity index (χ0) is 17.3. The third-order valence-corrected chi connectivity index (χ3v) is 3.54. The molecule has 2 N–H and O–H groups in total. The predicted octanol–water partition coefficient (Wildman–Crippen LogP) is 3.85. The minimum Gasteiger partial charge on any atom is -0.478 e. The van der Waals surface area contributed by atoms with Gasteiger partial charge in [-0.25, -0.2) is 9.78 Å². The van der Waals surface area contributed by atoms with Gasteiger partial charge in [-0.3, -0.25) is 4.98 Å². The van der Waals surface area contributed by atoms with Gasteiger partial charge in [0.1, 0.15) is 5.82 Å². The van der Waals surface area contributed by atoms with Crippen molar-refractivity contribution in [1.29, 1.82) is 0 Å². The number of hydrogen-bond acceptors (Lipinski definition) is 4. The smallest absolute Gasteiger partial charge is 0.390 e. The maximum Gasteiger partial charge on any atom is 0.390 e. The summed E-state index contributed by atoms with van der Waals surface area (Å²) in [5, 5.41) is 13.8. The van der Waals surface area contributed by atoms with Crippen molar-refractivity contribution in [3.8, 4) is 0 Å². The number of carboxylic acids is 1. The van der Waals surface area contributed by atoms with Gasteiger partial charge < -0.3 is 10.4 Å². The highest BCUT2D eigenvalue weighted by Gasteiger charge is 2.26. The van der Waals surface area contributed by atoms with E-state index in [4.69, 9.17) is 5.11 Å². The van der Waals surface area contributed by atoms with Crippen LogP contribution in [0.1, 0.15) is 16.8 Å². The van der Waals surface area contributed by atoms with Gasteiger partial charge >= 0.3 is 12.1 Å². The molecular weight excluding hydrogens is 323 g/mol. The molecule has 0 aliphatic heterocycles. The van der Waals surface area contributed by atoms with Crippen LogP contribution >= 0.6 is 0 Å². The number of nitrogens with one attached hydrogen (secondary N) is 1. The molecule has 24 heavy (non-hydrogen) atoms. The summed E-state index contributed by atoms with van der Waals surface area (Å²) >= 11 is 0. The molecule has 0 bridgehead atoms. The lowest BCUT2D eigenvalue weighted by Crippen LogP contribution is -2.15. The van der Waals surface area contributed by atoms with Crippen molar-refractivity contribution in [2.75, 3.05) is 11.9 Å². The molecule has 8 heteroatoms. The van der Waals surface area contributed by atoms with Gasteiger partial charge in [0.25, 0.3) is 0 Å². The van der Waals surface area contributed by atoms with E-state index in [-0.39, 0.29) is 17.9 Å². The Labute approximate surface area is 134 Å². The van der Waals surface area contributed by atoms with Crippen LogP contribution in [0.2, 0.25) is 0 Å². The monoisotopic (exact) mass is 335 g/mol. The van der Waals surface area contributed by atoms with Gasteiger partial charge in [-0.2, -0.15) is 13.2 Å². The number of pyridine rings is 2. The van der Waals surface area contributed by atoms with E-state index in [1.807, 2.05) is 0 Å². The number of aromatic carboxylic acids is 1. The summed E-state index contributed by atoms with van der Waals surface area (Å²) < 4.78 is 37.0. The fraction of sp³-hybridized carbons (Fsp3) is 0.188. The first-order valence-corrected chi connectivity index (χ1v) is 7.06. The molecule has 0 saturated heterocycles. The van der Waals surface area contributed by atoms with Crippen molar-refractivity contribution in [3.05, 3.63) is 42.2 Å². The van der Waals surface area contributed by atoms with E-state index in [0.29, 0.717) is 21.7 Å². The Bertz CT molecular complexity index is 925. The highest BCUT2D eigenvalue weighted by Crippen LogP contribution is 2.29. The second-order valence-electron chi connectivity index (χ2n) is 5.21. The number of alkyl halides is 3. The van der Waals surface area contributed by atoms with Crippen molar-refractivity contribution in [3.63, 3.8) is 0 Å². The van der Waals surface area contributed by atoms with Gasteiger partial charge in [-0.05, 0) is 18.2 Å². The summed E-state index contributed by atoms with van der Waals surface area (Å²) in [6.07, 6.45) is -2.16. The van der Waals surface area contributed by atoms with Crippen molar-refractivity contribution in [1.82, 2.24) is 9.97 Å². The average Bonchev–Trinajstić information content (AvgIpc) is 2.53. The van der Waals surface area contributed by atoms with Crippen molar-refractivity contribution >= 4 is 33.5 Å². The molecule has 0 radical (unpaired) electrons. The first-order chi connectivity index (χ1) is 11.3. The number of benzene rings is 1. The molecule has 0 amide bonds. The Balaban J connectivity index is 2.10. The second-order valence-corrected chi connectivity index (χ2v) is 5.21. The number of rotatable bonds is 4. The summed E-state index contributed by atoms with van der Waals surface area (Å²) in [6.45, 7) is -0.321. The van der Waals surface area contributed by atoms with Crippen LogP contribution < -0.4 is 5.32 Å². The van der Waals surface area contributed by atoms with E-state index in [1.54, 1.807) is 18.3 Å². The quantitative estimate of drug-likeness (QED) is 0.709. The Morgan fingerprint density at radius 1 is 1.17 bits per heavy atom. The predicted molar refractivity (Wildman–Crippen MR) is 83.2 cm³/mol. The van der Waals surface area contributed by atoms with Crippen LogP contribution in [0.15, 0.2) is 36.7 Å². The van der Waals surface area contributed by atoms with Crippen molar-refractivity contribution < 1.29 is 23.1 Å². The maximum absolute atomic E-state index is 12.3. The molecule has 0 spiro atoms. The van der Waals surface area contributed by atoms with E-state index in [0.717, 1.165) is 0 Å². The van der Waals surface area contributed by atoms with Gasteiger partial charge in [-0.15, -0.1) is 0 Å². The number of fused-ring (bicyclic) bond motifs is 3. The molecule has 124 valence electrons. The van der Waals surface area contributed by atoms with Crippen LogP contribution in [-0.4, -0.2) is 33.8 Å². The highest BCUT2D eigenvalue weighted by molar-refractivity contribution is 6.10. The normalized spacial score (nSPS) is 11.8. The zero-order valence-corrected chi connectivity index (χ0v) is 12.3. The first kappa shape index (κ1) is 16.0. The largest absolute Gasteiger partial charge is 0.478 e. The Morgan fingerprint density at radius 2 is 1.96 bits per heavy atom. The minimum atomic E-state index is -4.27. The minimum absolute atomic E-state index is 0.0551. The van der Waals surface area contributed by atoms with E-state index in [2.05, 4.69) is 15.3 Å². The third kappa shape index (κ3) is 3.22. The maximum atomic E-state index is 12.3. The summed E-state index contributed by atoms with van der Waals surface area (Å²) in [5.74, 6) is -0.830. The fourth-order valence-corrected chi connectivity index (χ4v) is 2.44. The Morgan fingerprint density at radius 3 is 2.67 bits per heavy atom. The number of anilines is 1. The van der Waals surface area contributed by atoms with Gasteiger partial charge in [0.05, 0.1) is 17.5 Å². The highest BCUT2D eigenvalue weighted by atomic mass is 19.4. The molecule has 1 aromatic carbocycles. The fourth-order valence-electron chi connectivity index (χ4n) is 2.44. The number of aromatic nitrogens is 2. The molecule has 0 aliphatic carbocycles. The van der Waals surface area contributed by atoms with Crippen LogP contribution in [0.3, 0.4) is 0 Å². The molecule has 0 aliphatic rings. The average molecular weight is 335 g/mol.